The van der Waals surface area contributed by atoms with Crippen LogP contribution in [0, 0.1) is 18.8 Å². The number of sulfonamides is 1. The van der Waals surface area contributed by atoms with E-state index in [1.165, 1.54) is 0 Å². The van der Waals surface area contributed by atoms with E-state index in [1.807, 2.05) is 13.8 Å². The SMILES string of the molecule is CCc1c(S(=O)(=O)N2CCC(CN3C(=O)C(C)(CC(C)C)N=C3N)CC2)c(C)nn1C. The Labute approximate surface area is 185 Å². The van der Waals surface area contributed by atoms with Gasteiger partial charge in [0.05, 0.1) is 11.4 Å². The van der Waals surface area contributed by atoms with E-state index in [0.29, 0.717) is 61.8 Å². The molecule has 10 heteroatoms. The van der Waals surface area contributed by atoms with Gasteiger partial charge < -0.3 is 5.73 Å². The molecule has 0 radical (unpaired) electrons. The minimum Gasteiger partial charge on any atom is -0.369 e. The van der Waals surface area contributed by atoms with Gasteiger partial charge in [0.2, 0.25) is 10.0 Å². The van der Waals surface area contributed by atoms with Crippen molar-refractivity contribution in [3.8, 4) is 0 Å². The first-order valence-electron chi connectivity index (χ1n) is 11.1. The van der Waals surface area contributed by atoms with Crippen LogP contribution in [0.15, 0.2) is 9.89 Å². The first-order chi connectivity index (χ1) is 14.4. The van der Waals surface area contributed by atoms with Crippen molar-refractivity contribution >= 4 is 21.9 Å². The molecule has 3 rings (SSSR count). The minimum atomic E-state index is -3.60. The molecule has 9 nitrogen and oxygen atoms in total. The molecule has 1 saturated heterocycles. The second-order valence-corrected chi connectivity index (χ2v) is 11.3. The highest BCUT2D eigenvalue weighted by atomic mass is 32.2. The molecule has 3 heterocycles. The molecule has 174 valence electrons. The Hall–Kier alpha value is -1.94. The first-order valence-corrected chi connectivity index (χ1v) is 12.5. The summed E-state index contributed by atoms with van der Waals surface area (Å²) in [6.45, 7) is 11.0. The van der Waals surface area contributed by atoms with Crippen molar-refractivity contribution in [2.45, 2.75) is 70.7 Å². The number of carbonyl (C=O) groups is 1. The fourth-order valence-corrected chi connectivity index (χ4v) is 6.93. The normalized spacial score (nSPS) is 23.8. The molecule has 2 aliphatic heterocycles. The highest BCUT2D eigenvalue weighted by Gasteiger charge is 2.45. The van der Waals surface area contributed by atoms with Crippen LogP contribution in [0.25, 0.3) is 0 Å². The number of aryl methyl sites for hydroxylation is 2. The zero-order valence-electron chi connectivity index (χ0n) is 19.6. The van der Waals surface area contributed by atoms with Gasteiger partial charge in [-0.15, -0.1) is 0 Å². The number of rotatable bonds is 7. The molecule has 1 fully saturated rings. The number of aromatic nitrogens is 2. The number of nitrogens with zero attached hydrogens (tertiary/aromatic N) is 5. The molecule has 0 aliphatic carbocycles. The Morgan fingerprint density at radius 2 is 1.87 bits per heavy atom. The number of nitrogens with two attached hydrogens (primary N) is 1. The summed E-state index contributed by atoms with van der Waals surface area (Å²) in [6, 6.07) is 0. The van der Waals surface area contributed by atoms with Gasteiger partial charge in [0.25, 0.3) is 5.91 Å². The average Bonchev–Trinajstić information content (AvgIpc) is 3.08. The van der Waals surface area contributed by atoms with Crippen LogP contribution in [0.4, 0.5) is 0 Å². The summed E-state index contributed by atoms with van der Waals surface area (Å²) in [7, 11) is -1.82. The Bertz CT molecular complexity index is 975. The van der Waals surface area contributed by atoms with Crippen molar-refractivity contribution < 1.29 is 13.2 Å². The molecule has 0 spiro atoms. The number of piperidine rings is 1. The van der Waals surface area contributed by atoms with Crippen molar-refractivity contribution in [2.24, 2.45) is 29.6 Å². The van der Waals surface area contributed by atoms with Gasteiger partial charge >= 0.3 is 0 Å². The third kappa shape index (κ3) is 4.37. The van der Waals surface area contributed by atoms with Crippen LogP contribution >= 0.6 is 0 Å². The minimum absolute atomic E-state index is 0.0488. The van der Waals surface area contributed by atoms with Crippen LogP contribution in [0.3, 0.4) is 0 Å². The van der Waals surface area contributed by atoms with E-state index < -0.39 is 15.6 Å². The largest absolute Gasteiger partial charge is 0.369 e. The summed E-state index contributed by atoms with van der Waals surface area (Å²) in [4.78, 5) is 19.4. The zero-order valence-corrected chi connectivity index (χ0v) is 20.4. The van der Waals surface area contributed by atoms with Gasteiger partial charge in [0, 0.05) is 26.7 Å². The number of guanidine groups is 1. The molecule has 0 bridgehead atoms. The second kappa shape index (κ2) is 8.54. The van der Waals surface area contributed by atoms with Crippen molar-refractivity contribution in [1.29, 1.82) is 0 Å². The van der Waals surface area contributed by atoms with E-state index in [1.54, 1.807) is 27.9 Å². The smallest absolute Gasteiger partial charge is 0.257 e. The highest BCUT2D eigenvalue weighted by Crippen LogP contribution is 2.32. The standard InChI is InChI=1S/C21H36N6O3S/c1-7-17-18(15(4)24-25(17)6)31(29,30)26-10-8-16(9-11-26)13-27-19(28)21(5,12-14(2)3)23-20(27)22/h14,16H,7-13H2,1-6H3,(H2,22,23). The van der Waals surface area contributed by atoms with E-state index in [4.69, 9.17) is 5.73 Å². The fraction of sp³-hybridized carbons (Fsp3) is 0.762. The Balaban J connectivity index is 1.67. The van der Waals surface area contributed by atoms with Crippen molar-refractivity contribution in [3.05, 3.63) is 11.4 Å². The number of aliphatic imine (C=N–C) groups is 1. The van der Waals surface area contributed by atoms with E-state index in [9.17, 15) is 13.2 Å². The average molecular weight is 453 g/mol. The Kier molecular flexibility index (Phi) is 6.53. The quantitative estimate of drug-likeness (QED) is 0.676. The van der Waals surface area contributed by atoms with Gasteiger partial charge in [0.15, 0.2) is 5.96 Å². The van der Waals surface area contributed by atoms with Crippen LogP contribution in [0.1, 0.15) is 58.3 Å². The van der Waals surface area contributed by atoms with E-state index in [0.717, 1.165) is 5.69 Å². The summed E-state index contributed by atoms with van der Waals surface area (Å²) in [6.07, 6.45) is 2.62. The van der Waals surface area contributed by atoms with Gasteiger partial charge in [-0.2, -0.15) is 9.40 Å². The number of carbonyl (C=O) groups excluding carboxylic acids is 1. The second-order valence-electron chi connectivity index (χ2n) is 9.44. The molecular weight excluding hydrogens is 416 g/mol. The number of hydrogen-bond acceptors (Lipinski definition) is 6. The summed E-state index contributed by atoms with van der Waals surface area (Å²) < 4.78 is 29.8. The molecule has 1 amide bonds. The van der Waals surface area contributed by atoms with Crippen LogP contribution in [-0.4, -0.2) is 64.4 Å². The molecule has 1 aromatic rings. The van der Waals surface area contributed by atoms with Gasteiger partial charge in [-0.3, -0.25) is 14.4 Å². The van der Waals surface area contributed by atoms with Gasteiger partial charge in [-0.25, -0.2) is 13.4 Å². The summed E-state index contributed by atoms with van der Waals surface area (Å²) >= 11 is 0. The number of amides is 1. The predicted octanol–water partition coefficient (Wildman–Crippen LogP) is 1.65. The third-order valence-corrected chi connectivity index (χ3v) is 8.47. The molecule has 0 aromatic carbocycles. The summed E-state index contributed by atoms with van der Waals surface area (Å²) in [5.41, 5.74) is 6.58. The van der Waals surface area contributed by atoms with Gasteiger partial charge in [0.1, 0.15) is 10.4 Å². The van der Waals surface area contributed by atoms with E-state index in [2.05, 4.69) is 23.9 Å². The summed E-state index contributed by atoms with van der Waals surface area (Å²) in [5, 5.41) is 4.32. The third-order valence-electron chi connectivity index (χ3n) is 6.38. The lowest BCUT2D eigenvalue weighted by Gasteiger charge is -2.33. The molecule has 1 atom stereocenters. The molecule has 2 aliphatic rings. The Morgan fingerprint density at radius 3 is 2.42 bits per heavy atom. The molecular formula is C21H36N6O3S. The van der Waals surface area contributed by atoms with Crippen LogP contribution in [0.5, 0.6) is 0 Å². The van der Waals surface area contributed by atoms with Gasteiger partial charge in [-0.05, 0) is 51.4 Å². The highest BCUT2D eigenvalue weighted by molar-refractivity contribution is 7.89. The van der Waals surface area contributed by atoms with Crippen molar-refractivity contribution in [2.75, 3.05) is 19.6 Å². The van der Waals surface area contributed by atoms with Crippen LogP contribution in [-0.2, 0) is 28.3 Å². The lowest BCUT2D eigenvalue weighted by atomic mass is 9.90. The van der Waals surface area contributed by atoms with E-state index in [-0.39, 0.29) is 17.8 Å². The first kappa shape index (κ1) is 23.7. The summed E-state index contributed by atoms with van der Waals surface area (Å²) in [5.74, 6) is 0.753. The van der Waals surface area contributed by atoms with Crippen LogP contribution < -0.4 is 5.73 Å². The Morgan fingerprint density at radius 1 is 1.26 bits per heavy atom. The maximum absolute atomic E-state index is 13.3. The fourth-order valence-electron chi connectivity index (χ4n) is 4.99. The number of hydrogen-bond donors (Lipinski definition) is 1. The van der Waals surface area contributed by atoms with Gasteiger partial charge in [-0.1, -0.05) is 20.8 Å². The van der Waals surface area contributed by atoms with Crippen molar-refractivity contribution in [1.82, 2.24) is 19.0 Å². The topological polar surface area (TPSA) is 114 Å². The molecule has 31 heavy (non-hydrogen) atoms. The molecule has 0 saturated carbocycles. The maximum atomic E-state index is 13.3. The van der Waals surface area contributed by atoms with E-state index >= 15 is 0 Å². The molecule has 1 unspecified atom stereocenters. The predicted molar refractivity (Wildman–Crippen MR) is 120 cm³/mol. The lowest BCUT2D eigenvalue weighted by Crippen LogP contribution is -2.48. The molecule has 1 aromatic heterocycles. The molecule has 2 N–H and O–H groups in total. The lowest BCUT2D eigenvalue weighted by molar-refractivity contribution is -0.131. The zero-order chi connectivity index (χ0) is 23.1. The maximum Gasteiger partial charge on any atom is 0.257 e. The van der Waals surface area contributed by atoms with Crippen molar-refractivity contribution in [3.63, 3.8) is 0 Å². The van der Waals surface area contributed by atoms with Crippen LogP contribution in [0.2, 0.25) is 0 Å². The monoisotopic (exact) mass is 452 g/mol.